The number of rotatable bonds is 3. The average Bonchev–Trinajstić information content (AvgIpc) is 2.56. The molecule has 0 radical (unpaired) electrons. The van der Waals surface area contributed by atoms with E-state index in [4.69, 9.17) is 9.15 Å². The van der Waals surface area contributed by atoms with Crippen molar-refractivity contribution in [3.05, 3.63) is 24.2 Å². The molecule has 0 aliphatic heterocycles. The van der Waals surface area contributed by atoms with Crippen molar-refractivity contribution in [1.29, 1.82) is 0 Å². The number of ether oxygens (including phenoxy) is 2. The van der Waals surface area contributed by atoms with Crippen molar-refractivity contribution >= 4 is 6.16 Å². The van der Waals surface area contributed by atoms with Gasteiger partial charge in [-0.1, -0.05) is 0 Å². The lowest BCUT2D eigenvalue weighted by atomic mass is 10.2. The predicted octanol–water partition coefficient (Wildman–Crippen LogP) is 1.99. The van der Waals surface area contributed by atoms with Crippen LogP contribution < -0.4 is 0 Å². The van der Waals surface area contributed by atoms with E-state index in [2.05, 4.69) is 4.74 Å². The molecular formula is C9H12O4. The molecule has 1 aromatic heterocycles. The third-order valence-electron chi connectivity index (χ3n) is 1.57. The zero-order valence-electron chi connectivity index (χ0n) is 7.65. The Morgan fingerprint density at radius 1 is 1.69 bits per heavy atom. The van der Waals surface area contributed by atoms with Crippen LogP contribution in [0.1, 0.15) is 12.5 Å². The highest BCUT2D eigenvalue weighted by Crippen LogP contribution is 2.06. The molecule has 0 amide bonds. The SMILES string of the molecule is COC(=O)OC(C)Cc1ccoc1. The van der Waals surface area contributed by atoms with Gasteiger partial charge in [-0.25, -0.2) is 4.79 Å². The van der Waals surface area contributed by atoms with E-state index >= 15 is 0 Å². The monoisotopic (exact) mass is 184 g/mol. The fraction of sp³-hybridized carbons (Fsp3) is 0.444. The van der Waals surface area contributed by atoms with E-state index in [1.165, 1.54) is 7.11 Å². The fourth-order valence-corrected chi connectivity index (χ4v) is 0.995. The van der Waals surface area contributed by atoms with Crippen LogP contribution in [0.15, 0.2) is 23.0 Å². The van der Waals surface area contributed by atoms with E-state index < -0.39 is 6.16 Å². The molecule has 0 aromatic carbocycles. The summed E-state index contributed by atoms with van der Waals surface area (Å²) in [6, 6.07) is 1.83. The molecule has 0 bridgehead atoms. The Balaban J connectivity index is 2.33. The molecule has 4 nitrogen and oxygen atoms in total. The van der Waals surface area contributed by atoms with Crippen LogP contribution in [0.4, 0.5) is 4.79 Å². The second-order valence-electron chi connectivity index (χ2n) is 2.72. The first kappa shape index (κ1) is 9.64. The van der Waals surface area contributed by atoms with Gasteiger partial charge in [0, 0.05) is 6.42 Å². The molecule has 0 spiro atoms. The molecule has 0 saturated carbocycles. The minimum Gasteiger partial charge on any atom is -0.472 e. The summed E-state index contributed by atoms with van der Waals surface area (Å²) in [5.41, 5.74) is 0.997. The summed E-state index contributed by atoms with van der Waals surface area (Å²) in [6.45, 7) is 1.80. The molecule has 1 heterocycles. The Morgan fingerprint density at radius 2 is 2.46 bits per heavy atom. The van der Waals surface area contributed by atoms with Crippen LogP contribution in [0, 0.1) is 0 Å². The number of furan rings is 1. The van der Waals surface area contributed by atoms with E-state index in [0.717, 1.165) is 5.56 Å². The third-order valence-corrected chi connectivity index (χ3v) is 1.57. The number of carbonyl (C=O) groups excluding carboxylic acids is 1. The standard InChI is InChI=1S/C9H12O4/c1-7(13-9(10)11-2)5-8-3-4-12-6-8/h3-4,6-7H,5H2,1-2H3. The zero-order valence-corrected chi connectivity index (χ0v) is 7.65. The summed E-state index contributed by atoms with van der Waals surface area (Å²) in [5.74, 6) is 0. The number of hydrogen-bond acceptors (Lipinski definition) is 4. The second kappa shape index (κ2) is 4.54. The van der Waals surface area contributed by atoms with Crippen LogP contribution in [-0.2, 0) is 15.9 Å². The molecule has 4 heteroatoms. The van der Waals surface area contributed by atoms with E-state index in [-0.39, 0.29) is 6.10 Å². The summed E-state index contributed by atoms with van der Waals surface area (Å²) in [6.07, 6.45) is 2.98. The molecule has 0 N–H and O–H groups in total. The van der Waals surface area contributed by atoms with Gasteiger partial charge in [0.1, 0.15) is 6.10 Å². The van der Waals surface area contributed by atoms with Gasteiger partial charge in [0.2, 0.25) is 0 Å². The van der Waals surface area contributed by atoms with Crippen molar-refractivity contribution in [3.63, 3.8) is 0 Å². The molecule has 0 saturated heterocycles. The number of methoxy groups -OCH3 is 1. The van der Waals surface area contributed by atoms with Crippen LogP contribution in [0.25, 0.3) is 0 Å². The first-order valence-electron chi connectivity index (χ1n) is 3.98. The Morgan fingerprint density at radius 3 is 3.00 bits per heavy atom. The highest BCUT2D eigenvalue weighted by atomic mass is 16.7. The largest absolute Gasteiger partial charge is 0.508 e. The normalized spacial score (nSPS) is 12.2. The fourth-order valence-electron chi connectivity index (χ4n) is 0.995. The Bertz CT molecular complexity index is 253. The lowest BCUT2D eigenvalue weighted by molar-refractivity contribution is 0.0436. The number of hydrogen-bond donors (Lipinski definition) is 0. The topological polar surface area (TPSA) is 48.7 Å². The molecule has 1 rings (SSSR count). The van der Waals surface area contributed by atoms with Gasteiger partial charge in [0.25, 0.3) is 0 Å². The van der Waals surface area contributed by atoms with Gasteiger partial charge in [-0.15, -0.1) is 0 Å². The van der Waals surface area contributed by atoms with Crippen LogP contribution in [0.2, 0.25) is 0 Å². The van der Waals surface area contributed by atoms with Crippen LogP contribution in [0.3, 0.4) is 0 Å². The molecule has 72 valence electrons. The molecule has 0 aliphatic carbocycles. The maximum atomic E-state index is 10.7. The summed E-state index contributed by atoms with van der Waals surface area (Å²) < 4.78 is 14.1. The van der Waals surface area contributed by atoms with Crippen molar-refractivity contribution in [2.45, 2.75) is 19.4 Å². The van der Waals surface area contributed by atoms with E-state index in [1.807, 2.05) is 6.07 Å². The first-order valence-corrected chi connectivity index (χ1v) is 3.98. The highest BCUT2D eigenvalue weighted by Gasteiger charge is 2.10. The molecule has 1 aromatic rings. The van der Waals surface area contributed by atoms with E-state index in [1.54, 1.807) is 19.5 Å². The van der Waals surface area contributed by atoms with Gasteiger partial charge < -0.3 is 13.9 Å². The van der Waals surface area contributed by atoms with Crippen molar-refractivity contribution in [1.82, 2.24) is 0 Å². The van der Waals surface area contributed by atoms with Crippen molar-refractivity contribution < 1.29 is 18.7 Å². The Hall–Kier alpha value is -1.45. The summed E-state index contributed by atoms with van der Waals surface area (Å²) in [5, 5.41) is 0. The van der Waals surface area contributed by atoms with Gasteiger partial charge >= 0.3 is 6.16 Å². The Kier molecular flexibility index (Phi) is 3.37. The lowest BCUT2D eigenvalue weighted by Gasteiger charge is -2.10. The summed E-state index contributed by atoms with van der Waals surface area (Å²) in [4.78, 5) is 10.7. The van der Waals surface area contributed by atoms with Crippen molar-refractivity contribution in [2.75, 3.05) is 7.11 Å². The highest BCUT2D eigenvalue weighted by molar-refractivity contribution is 5.59. The van der Waals surface area contributed by atoms with Gasteiger partial charge in [-0.05, 0) is 18.6 Å². The minimum absolute atomic E-state index is 0.204. The second-order valence-corrected chi connectivity index (χ2v) is 2.72. The first-order chi connectivity index (χ1) is 6.22. The molecular weight excluding hydrogens is 172 g/mol. The van der Waals surface area contributed by atoms with Crippen LogP contribution in [-0.4, -0.2) is 19.4 Å². The van der Waals surface area contributed by atoms with Crippen molar-refractivity contribution in [2.24, 2.45) is 0 Å². The molecule has 0 aliphatic rings. The average molecular weight is 184 g/mol. The smallest absolute Gasteiger partial charge is 0.472 e. The zero-order chi connectivity index (χ0) is 9.68. The Labute approximate surface area is 76.4 Å². The van der Waals surface area contributed by atoms with Gasteiger partial charge in [0.15, 0.2) is 0 Å². The number of carbonyl (C=O) groups is 1. The summed E-state index contributed by atoms with van der Waals surface area (Å²) in [7, 11) is 1.28. The van der Waals surface area contributed by atoms with Crippen LogP contribution >= 0.6 is 0 Å². The predicted molar refractivity (Wildman–Crippen MR) is 45.4 cm³/mol. The van der Waals surface area contributed by atoms with Gasteiger partial charge in [-0.3, -0.25) is 0 Å². The van der Waals surface area contributed by atoms with Gasteiger partial charge in [-0.2, -0.15) is 0 Å². The molecule has 1 unspecified atom stereocenters. The molecule has 0 fully saturated rings. The lowest BCUT2D eigenvalue weighted by Crippen LogP contribution is -2.16. The minimum atomic E-state index is -0.656. The third kappa shape index (κ3) is 3.19. The quantitative estimate of drug-likeness (QED) is 0.674. The van der Waals surface area contributed by atoms with Gasteiger partial charge in [0.05, 0.1) is 19.6 Å². The maximum Gasteiger partial charge on any atom is 0.508 e. The summed E-state index contributed by atoms with van der Waals surface area (Å²) >= 11 is 0. The maximum absolute atomic E-state index is 10.7. The molecule has 1 atom stereocenters. The van der Waals surface area contributed by atoms with E-state index in [0.29, 0.717) is 6.42 Å². The van der Waals surface area contributed by atoms with E-state index in [9.17, 15) is 4.79 Å². The van der Waals surface area contributed by atoms with Crippen LogP contribution in [0.5, 0.6) is 0 Å². The van der Waals surface area contributed by atoms with Crippen molar-refractivity contribution in [3.8, 4) is 0 Å². The molecule has 13 heavy (non-hydrogen) atoms.